The molecule has 1 aromatic heterocycles. The van der Waals surface area contributed by atoms with E-state index in [1.54, 1.807) is 0 Å². The van der Waals surface area contributed by atoms with E-state index in [-0.39, 0.29) is 6.42 Å². The highest BCUT2D eigenvalue weighted by atomic mass is 19.1. The molecule has 4 atom stereocenters. The van der Waals surface area contributed by atoms with Crippen LogP contribution in [-0.2, 0) is 4.74 Å². The standard InChI is InChI=1S/C9H11FN2O5/c10-8(15)7-4(13)3-6(17-7)12-2-1-5(14)11-9(12)16/h1-2,4,6-8,13,15H,3H2,(H,11,14,16)/t4-,6+,7-,8+/m0/s1. The third-order valence-corrected chi connectivity index (χ3v) is 2.57. The van der Waals surface area contributed by atoms with Crippen LogP contribution in [0.1, 0.15) is 12.6 Å². The summed E-state index contributed by atoms with van der Waals surface area (Å²) in [6, 6.07) is 1.11. The summed E-state index contributed by atoms with van der Waals surface area (Å²) in [5.41, 5.74) is -1.28. The average molecular weight is 246 g/mol. The molecule has 17 heavy (non-hydrogen) atoms. The Bertz CT molecular complexity index is 511. The first kappa shape index (κ1) is 12.0. The van der Waals surface area contributed by atoms with Crippen LogP contribution in [0.4, 0.5) is 4.39 Å². The van der Waals surface area contributed by atoms with Gasteiger partial charge >= 0.3 is 5.69 Å². The topological polar surface area (TPSA) is 105 Å². The molecule has 94 valence electrons. The number of nitrogens with zero attached hydrogens (tertiary/aromatic N) is 1. The Morgan fingerprint density at radius 1 is 1.59 bits per heavy atom. The van der Waals surface area contributed by atoms with Crippen LogP contribution in [0.15, 0.2) is 21.9 Å². The zero-order valence-electron chi connectivity index (χ0n) is 8.62. The molecule has 1 saturated heterocycles. The minimum absolute atomic E-state index is 0.0441. The Hall–Kier alpha value is -1.51. The number of aromatic nitrogens is 2. The predicted molar refractivity (Wildman–Crippen MR) is 53.0 cm³/mol. The molecule has 0 bridgehead atoms. The number of alkyl halides is 1. The van der Waals surface area contributed by atoms with Gasteiger partial charge in [-0.3, -0.25) is 14.3 Å². The van der Waals surface area contributed by atoms with Crippen LogP contribution >= 0.6 is 0 Å². The van der Waals surface area contributed by atoms with Crippen molar-refractivity contribution >= 4 is 0 Å². The fourth-order valence-corrected chi connectivity index (χ4v) is 1.75. The number of aliphatic hydroxyl groups excluding tert-OH is 2. The normalized spacial score (nSPS) is 30.4. The molecule has 1 aromatic rings. The zero-order valence-corrected chi connectivity index (χ0v) is 8.62. The highest BCUT2D eigenvalue weighted by molar-refractivity contribution is 4.88. The summed E-state index contributed by atoms with van der Waals surface area (Å²) in [4.78, 5) is 24.2. The molecule has 0 radical (unpaired) electrons. The van der Waals surface area contributed by atoms with E-state index in [4.69, 9.17) is 9.84 Å². The predicted octanol–water partition coefficient (Wildman–Crippen LogP) is -1.53. The molecule has 2 rings (SSSR count). The molecule has 1 aliphatic rings. The molecule has 7 nitrogen and oxygen atoms in total. The van der Waals surface area contributed by atoms with E-state index in [0.717, 1.165) is 10.6 Å². The van der Waals surface area contributed by atoms with Gasteiger partial charge in [0.25, 0.3) is 5.56 Å². The van der Waals surface area contributed by atoms with Gasteiger partial charge < -0.3 is 14.9 Å². The van der Waals surface area contributed by atoms with Crippen molar-refractivity contribution in [1.82, 2.24) is 9.55 Å². The Kier molecular flexibility index (Phi) is 3.09. The molecule has 8 heteroatoms. The summed E-state index contributed by atoms with van der Waals surface area (Å²) >= 11 is 0. The summed E-state index contributed by atoms with van der Waals surface area (Å²) in [5.74, 6) is 0. The van der Waals surface area contributed by atoms with Crippen LogP contribution in [0.25, 0.3) is 0 Å². The van der Waals surface area contributed by atoms with Crippen LogP contribution in [0.5, 0.6) is 0 Å². The summed E-state index contributed by atoms with van der Waals surface area (Å²) in [7, 11) is 0. The van der Waals surface area contributed by atoms with E-state index in [1.807, 2.05) is 4.98 Å². The fraction of sp³-hybridized carbons (Fsp3) is 0.556. The van der Waals surface area contributed by atoms with Gasteiger partial charge in [0.2, 0.25) is 6.36 Å². The molecular formula is C9H11FN2O5. The molecule has 0 saturated carbocycles. The lowest BCUT2D eigenvalue weighted by molar-refractivity contribution is -0.130. The van der Waals surface area contributed by atoms with Crippen molar-refractivity contribution in [3.63, 3.8) is 0 Å². The second-order valence-electron chi connectivity index (χ2n) is 3.75. The quantitative estimate of drug-likeness (QED) is 0.587. The minimum Gasteiger partial charge on any atom is -0.390 e. The number of aliphatic hydroxyl groups is 2. The Labute approximate surface area is 94.1 Å². The van der Waals surface area contributed by atoms with E-state index in [0.29, 0.717) is 0 Å². The van der Waals surface area contributed by atoms with Crippen molar-refractivity contribution in [2.24, 2.45) is 0 Å². The Morgan fingerprint density at radius 3 is 2.82 bits per heavy atom. The summed E-state index contributed by atoms with van der Waals surface area (Å²) < 4.78 is 18.7. The number of hydrogen-bond donors (Lipinski definition) is 3. The zero-order chi connectivity index (χ0) is 12.6. The van der Waals surface area contributed by atoms with Gasteiger partial charge in [-0.25, -0.2) is 9.18 Å². The summed E-state index contributed by atoms with van der Waals surface area (Å²) in [6.07, 6.45) is -4.70. The van der Waals surface area contributed by atoms with Crippen LogP contribution < -0.4 is 11.2 Å². The van der Waals surface area contributed by atoms with Crippen molar-refractivity contribution in [2.75, 3.05) is 0 Å². The molecule has 2 heterocycles. The van der Waals surface area contributed by atoms with Gasteiger partial charge in [0.05, 0.1) is 6.10 Å². The van der Waals surface area contributed by atoms with Crippen molar-refractivity contribution in [1.29, 1.82) is 0 Å². The Morgan fingerprint density at radius 2 is 2.29 bits per heavy atom. The van der Waals surface area contributed by atoms with E-state index >= 15 is 0 Å². The molecule has 1 fully saturated rings. The number of ether oxygens (including phenoxy) is 1. The third-order valence-electron chi connectivity index (χ3n) is 2.57. The molecule has 1 aliphatic heterocycles. The van der Waals surface area contributed by atoms with Crippen molar-refractivity contribution in [3.8, 4) is 0 Å². The third kappa shape index (κ3) is 2.28. The van der Waals surface area contributed by atoms with Crippen LogP contribution in [-0.4, -0.2) is 38.3 Å². The lowest BCUT2D eigenvalue weighted by atomic mass is 10.2. The molecule has 0 unspecified atom stereocenters. The Balaban J connectivity index is 2.26. The largest absolute Gasteiger partial charge is 0.390 e. The minimum atomic E-state index is -2.33. The van der Waals surface area contributed by atoms with E-state index in [1.165, 1.54) is 6.20 Å². The maximum Gasteiger partial charge on any atom is 0.330 e. The van der Waals surface area contributed by atoms with Gasteiger partial charge in [0.15, 0.2) is 0 Å². The molecular weight excluding hydrogens is 235 g/mol. The molecule has 0 amide bonds. The maximum absolute atomic E-state index is 12.6. The fourth-order valence-electron chi connectivity index (χ4n) is 1.75. The average Bonchev–Trinajstić information content (AvgIpc) is 2.60. The van der Waals surface area contributed by atoms with Crippen LogP contribution in [0.2, 0.25) is 0 Å². The molecule has 0 aliphatic carbocycles. The molecule has 0 aromatic carbocycles. The number of rotatable bonds is 2. The first-order valence-electron chi connectivity index (χ1n) is 4.96. The van der Waals surface area contributed by atoms with Crippen LogP contribution in [0, 0.1) is 0 Å². The lowest BCUT2D eigenvalue weighted by Gasteiger charge is -2.15. The van der Waals surface area contributed by atoms with E-state index in [9.17, 15) is 19.1 Å². The number of hydrogen-bond acceptors (Lipinski definition) is 5. The SMILES string of the molecule is O=c1ccn([C@H]2C[C@H](O)[C@@H]([C@@H](O)F)O2)c(=O)[nH]1. The maximum atomic E-state index is 12.6. The van der Waals surface area contributed by atoms with Crippen molar-refractivity contribution in [2.45, 2.75) is 31.2 Å². The number of nitrogens with one attached hydrogen (secondary N) is 1. The number of halogens is 1. The second-order valence-corrected chi connectivity index (χ2v) is 3.75. The number of H-pyrrole nitrogens is 1. The van der Waals surface area contributed by atoms with Gasteiger partial charge in [-0.15, -0.1) is 0 Å². The number of aromatic amines is 1. The highest BCUT2D eigenvalue weighted by Crippen LogP contribution is 2.29. The monoisotopic (exact) mass is 246 g/mol. The van der Waals surface area contributed by atoms with E-state index in [2.05, 4.69) is 0 Å². The van der Waals surface area contributed by atoms with Crippen molar-refractivity contribution < 1.29 is 19.3 Å². The van der Waals surface area contributed by atoms with Crippen LogP contribution in [0.3, 0.4) is 0 Å². The molecule has 0 spiro atoms. The van der Waals surface area contributed by atoms with Gasteiger partial charge in [-0.2, -0.15) is 0 Å². The highest BCUT2D eigenvalue weighted by Gasteiger charge is 2.39. The van der Waals surface area contributed by atoms with Gasteiger partial charge in [-0.1, -0.05) is 0 Å². The smallest absolute Gasteiger partial charge is 0.330 e. The first-order valence-corrected chi connectivity index (χ1v) is 4.96. The van der Waals surface area contributed by atoms with Gasteiger partial charge in [-0.05, 0) is 0 Å². The van der Waals surface area contributed by atoms with Gasteiger partial charge in [0.1, 0.15) is 12.3 Å². The summed E-state index contributed by atoms with van der Waals surface area (Å²) in [6.45, 7) is 0. The van der Waals surface area contributed by atoms with Gasteiger partial charge in [0, 0.05) is 18.7 Å². The lowest BCUT2D eigenvalue weighted by Crippen LogP contribution is -2.33. The van der Waals surface area contributed by atoms with E-state index < -0.39 is 36.0 Å². The first-order chi connectivity index (χ1) is 7.99. The summed E-state index contributed by atoms with van der Waals surface area (Å²) in [5, 5.41) is 18.1. The molecule has 3 N–H and O–H groups in total. The second kappa shape index (κ2) is 4.40. The van der Waals surface area contributed by atoms with Crippen molar-refractivity contribution in [3.05, 3.63) is 33.1 Å².